The predicted molar refractivity (Wildman–Crippen MR) is 95.7 cm³/mol. The molecule has 4 aromatic rings. The maximum absolute atomic E-state index is 5.69. The molecule has 2 aromatic carbocycles. The molecular weight excluding hydrogens is 340 g/mol. The van der Waals surface area contributed by atoms with Crippen LogP contribution in [0.3, 0.4) is 0 Å². The summed E-state index contributed by atoms with van der Waals surface area (Å²) in [7, 11) is 3.24. The molecular formula is C17H14N4O3S. The van der Waals surface area contributed by atoms with Crippen molar-refractivity contribution in [2.24, 2.45) is 0 Å². The Balaban J connectivity index is 1.61. The van der Waals surface area contributed by atoms with Crippen molar-refractivity contribution in [3.8, 4) is 23.0 Å². The Kier molecular flexibility index (Phi) is 3.95. The molecule has 8 heteroatoms. The fourth-order valence-electron chi connectivity index (χ4n) is 2.38. The summed E-state index contributed by atoms with van der Waals surface area (Å²) in [5.74, 6) is 1.84. The molecule has 0 bridgehead atoms. The Morgan fingerprint density at radius 3 is 2.76 bits per heavy atom. The van der Waals surface area contributed by atoms with Gasteiger partial charge in [0.25, 0.3) is 5.89 Å². The highest BCUT2D eigenvalue weighted by Gasteiger charge is 2.14. The van der Waals surface area contributed by atoms with Crippen molar-refractivity contribution in [1.29, 1.82) is 0 Å². The van der Waals surface area contributed by atoms with Crippen molar-refractivity contribution in [3.63, 3.8) is 0 Å². The number of benzene rings is 2. The van der Waals surface area contributed by atoms with Crippen LogP contribution in [0.4, 0.5) is 11.1 Å². The summed E-state index contributed by atoms with van der Waals surface area (Å²) in [5, 5.41) is 11.8. The predicted octanol–water partition coefficient (Wildman–Crippen LogP) is 4.11. The highest BCUT2D eigenvalue weighted by atomic mass is 32.1. The summed E-state index contributed by atoms with van der Waals surface area (Å²) in [6.45, 7) is 0. The van der Waals surface area contributed by atoms with Gasteiger partial charge in [0.1, 0.15) is 11.5 Å². The van der Waals surface area contributed by atoms with Crippen LogP contribution >= 0.6 is 11.3 Å². The van der Waals surface area contributed by atoms with Crippen LogP contribution in [-0.4, -0.2) is 29.4 Å². The second-order valence-corrected chi connectivity index (χ2v) is 6.12. The van der Waals surface area contributed by atoms with E-state index in [9.17, 15) is 0 Å². The zero-order valence-electron chi connectivity index (χ0n) is 13.5. The van der Waals surface area contributed by atoms with Crippen molar-refractivity contribution < 1.29 is 13.9 Å². The SMILES string of the molecule is COc1ccc2nc(Nc3nnc(-c4ccccc4OC)o3)sc2c1. The van der Waals surface area contributed by atoms with Crippen LogP contribution < -0.4 is 14.8 Å². The van der Waals surface area contributed by atoms with E-state index < -0.39 is 0 Å². The summed E-state index contributed by atoms with van der Waals surface area (Å²) in [5.41, 5.74) is 1.61. The van der Waals surface area contributed by atoms with E-state index in [1.54, 1.807) is 14.2 Å². The zero-order chi connectivity index (χ0) is 17.2. The van der Waals surface area contributed by atoms with Gasteiger partial charge in [0.15, 0.2) is 5.13 Å². The second-order valence-electron chi connectivity index (χ2n) is 5.09. The molecule has 0 aliphatic heterocycles. The molecule has 0 aliphatic carbocycles. The van der Waals surface area contributed by atoms with Gasteiger partial charge >= 0.3 is 6.01 Å². The Morgan fingerprint density at radius 2 is 1.92 bits per heavy atom. The highest BCUT2D eigenvalue weighted by molar-refractivity contribution is 7.22. The zero-order valence-corrected chi connectivity index (χ0v) is 14.3. The minimum atomic E-state index is 0.270. The van der Waals surface area contributed by atoms with Crippen molar-refractivity contribution in [2.45, 2.75) is 0 Å². The Morgan fingerprint density at radius 1 is 1.04 bits per heavy atom. The van der Waals surface area contributed by atoms with Crippen molar-refractivity contribution >= 4 is 32.7 Å². The van der Waals surface area contributed by atoms with Crippen LogP contribution in [0.25, 0.3) is 21.7 Å². The lowest BCUT2D eigenvalue weighted by molar-refractivity contribution is 0.414. The lowest BCUT2D eigenvalue weighted by atomic mass is 10.2. The molecule has 4 rings (SSSR count). The van der Waals surface area contributed by atoms with Crippen molar-refractivity contribution in [1.82, 2.24) is 15.2 Å². The first-order chi connectivity index (χ1) is 12.3. The van der Waals surface area contributed by atoms with Gasteiger partial charge in [-0.05, 0) is 30.3 Å². The molecule has 2 heterocycles. The summed E-state index contributed by atoms with van der Waals surface area (Å²) < 4.78 is 17.2. The standard InChI is InChI=1S/C17H14N4O3S/c1-22-10-7-8-12-14(9-10)25-17(18-12)19-16-21-20-15(24-16)11-5-3-4-6-13(11)23-2/h3-9H,1-2H3,(H,18,19,21). The second kappa shape index (κ2) is 6.40. The van der Waals surface area contributed by atoms with Gasteiger partial charge in [0, 0.05) is 0 Å². The van der Waals surface area contributed by atoms with Crippen LogP contribution in [0.15, 0.2) is 46.9 Å². The Labute approximate surface area is 147 Å². The average Bonchev–Trinajstić information content (AvgIpc) is 3.27. The molecule has 0 atom stereocenters. The summed E-state index contributed by atoms with van der Waals surface area (Å²) in [4.78, 5) is 4.50. The first kappa shape index (κ1) is 15.4. The van der Waals surface area contributed by atoms with Gasteiger partial charge in [-0.25, -0.2) is 4.98 Å². The molecule has 0 fully saturated rings. The minimum absolute atomic E-state index is 0.270. The van der Waals surface area contributed by atoms with Gasteiger partial charge in [0.05, 0.1) is 30.0 Å². The van der Waals surface area contributed by atoms with Gasteiger partial charge in [0.2, 0.25) is 0 Å². The number of hydrogen-bond acceptors (Lipinski definition) is 8. The van der Waals surface area contributed by atoms with Crippen molar-refractivity contribution in [3.05, 3.63) is 42.5 Å². The van der Waals surface area contributed by atoms with Crippen LogP contribution in [0.2, 0.25) is 0 Å². The number of nitrogens with zero attached hydrogens (tertiary/aromatic N) is 3. The molecule has 0 amide bonds. The molecule has 2 aromatic heterocycles. The number of ether oxygens (including phenoxy) is 2. The van der Waals surface area contributed by atoms with Gasteiger partial charge in [-0.2, -0.15) is 0 Å². The third kappa shape index (κ3) is 2.99. The number of thiazole rings is 1. The largest absolute Gasteiger partial charge is 0.497 e. The van der Waals surface area contributed by atoms with E-state index in [-0.39, 0.29) is 6.01 Å². The third-order valence-corrected chi connectivity index (χ3v) is 4.51. The number of anilines is 2. The van der Waals surface area contributed by atoms with Gasteiger partial charge in [-0.1, -0.05) is 28.6 Å². The van der Waals surface area contributed by atoms with Gasteiger partial charge < -0.3 is 13.9 Å². The molecule has 0 saturated heterocycles. The lowest BCUT2D eigenvalue weighted by Gasteiger charge is -2.03. The van der Waals surface area contributed by atoms with Crippen LogP contribution in [-0.2, 0) is 0 Å². The molecule has 1 N–H and O–H groups in total. The smallest absolute Gasteiger partial charge is 0.322 e. The molecule has 0 saturated carbocycles. The average molecular weight is 354 g/mol. The van der Waals surface area contributed by atoms with E-state index in [1.807, 2.05) is 42.5 Å². The van der Waals surface area contributed by atoms with E-state index in [0.717, 1.165) is 21.5 Å². The first-order valence-electron chi connectivity index (χ1n) is 7.45. The quantitative estimate of drug-likeness (QED) is 0.577. The van der Waals surface area contributed by atoms with E-state index in [4.69, 9.17) is 13.9 Å². The van der Waals surface area contributed by atoms with E-state index in [0.29, 0.717) is 16.8 Å². The van der Waals surface area contributed by atoms with E-state index in [1.165, 1.54) is 11.3 Å². The summed E-state index contributed by atoms with van der Waals surface area (Å²) in [6, 6.07) is 13.5. The molecule has 0 unspecified atom stereocenters. The lowest BCUT2D eigenvalue weighted by Crippen LogP contribution is -1.88. The number of para-hydroxylation sites is 1. The van der Waals surface area contributed by atoms with Crippen LogP contribution in [0.1, 0.15) is 0 Å². The fraction of sp³-hybridized carbons (Fsp3) is 0.118. The Bertz CT molecular complexity index is 1030. The van der Waals surface area contributed by atoms with E-state index in [2.05, 4.69) is 20.5 Å². The third-order valence-electron chi connectivity index (χ3n) is 3.57. The number of aromatic nitrogens is 3. The molecule has 7 nitrogen and oxygen atoms in total. The Hall–Kier alpha value is -3.13. The fourth-order valence-corrected chi connectivity index (χ4v) is 3.26. The molecule has 0 spiro atoms. The molecule has 0 aliphatic rings. The number of fused-ring (bicyclic) bond motifs is 1. The molecule has 25 heavy (non-hydrogen) atoms. The maximum Gasteiger partial charge on any atom is 0.322 e. The number of hydrogen-bond donors (Lipinski definition) is 1. The highest BCUT2D eigenvalue weighted by Crippen LogP contribution is 2.33. The molecule has 126 valence electrons. The van der Waals surface area contributed by atoms with Gasteiger partial charge in [-0.3, -0.25) is 5.32 Å². The van der Waals surface area contributed by atoms with Gasteiger partial charge in [-0.15, -0.1) is 5.10 Å². The first-order valence-corrected chi connectivity index (χ1v) is 8.27. The monoisotopic (exact) mass is 354 g/mol. The summed E-state index contributed by atoms with van der Waals surface area (Å²) in [6.07, 6.45) is 0. The number of nitrogens with one attached hydrogen (secondary N) is 1. The van der Waals surface area contributed by atoms with Crippen LogP contribution in [0, 0.1) is 0 Å². The maximum atomic E-state index is 5.69. The van der Waals surface area contributed by atoms with Crippen molar-refractivity contribution in [2.75, 3.05) is 19.5 Å². The topological polar surface area (TPSA) is 82.3 Å². The summed E-state index contributed by atoms with van der Waals surface area (Å²) >= 11 is 1.48. The number of methoxy groups -OCH3 is 2. The number of rotatable bonds is 5. The molecule has 0 radical (unpaired) electrons. The normalized spacial score (nSPS) is 10.8. The minimum Gasteiger partial charge on any atom is -0.497 e. The van der Waals surface area contributed by atoms with Crippen LogP contribution in [0.5, 0.6) is 11.5 Å². The van der Waals surface area contributed by atoms with E-state index >= 15 is 0 Å².